The molecule has 0 saturated carbocycles. The largest absolute Gasteiger partial charge is 0.450 e. The molecule has 5 nitrogen and oxygen atoms in total. The summed E-state index contributed by atoms with van der Waals surface area (Å²) in [6.45, 7) is 0. The van der Waals surface area contributed by atoms with Crippen LogP contribution in [0.4, 0.5) is 13.9 Å². The molecule has 1 atom stereocenters. The van der Waals surface area contributed by atoms with Gasteiger partial charge in [-0.05, 0) is 48.0 Å². The van der Waals surface area contributed by atoms with Gasteiger partial charge in [0.1, 0.15) is 17.2 Å². The fourth-order valence-electron chi connectivity index (χ4n) is 4.07. The topological polar surface area (TPSA) is 63.4 Å². The zero-order valence-corrected chi connectivity index (χ0v) is 17.0. The molecule has 1 aliphatic rings. The number of halogens is 2. The van der Waals surface area contributed by atoms with Gasteiger partial charge in [-0.3, -0.25) is 14.5 Å². The Hall–Kier alpha value is -3.91. The van der Waals surface area contributed by atoms with Gasteiger partial charge in [-0.15, -0.1) is 0 Å². The van der Waals surface area contributed by atoms with Crippen LogP contribution in [0.2, 0.25) is 0 Å². The van der Waals surface area contributed by atoms with Crippen LogP contribution in [0.5, 0.6) is 0 Å². The number of nitrogens with zero attached hydrogens (tertiary/aromatic N) is 2. The molecular formula is C24H12F2N2O3S. The summed E-state index contributed by atoms with van der Waals surface area (Å²) in [5, 5.41) is 0.638. The SMILES string of the molecule is O=C1c2oc3ccccc3c(=O)c2C(c2ccc(F)cc2)N1c1nc2ccc(F)cc2s1. The molecule has 0 fully saturated rings. The van der Waals surface area contributed by atoms with Crippen LogP contribution >= 0.6 is 11.3 Å². The highest BCUT2D eigenvalue weighted by atomic mass is 32.1. The molecule has 156 valence electrons. The minimum absolute atomic E-state index is 0.0755. The van der Waals surface area contributed by atoms with Gasteiger partial charge in [-0.25, -0.2) is 13.8 Å². The molecule has 1 aliphatic heterocycles. The van der Waals surface area contributed by atoms with Crippen molar-refractivity contribution in [3.63, 3.8) is 0 Å². The standard InChI is InChI=1S/C24H12F2N2O3S/c25-13-7-5-12(6-8-13)20-19-21(29)15-3-1-2-4-17(15)31-22(19)23(30)28(20)24-27-16-10-9-14(26)11-18(16)32-24/h1-11,20H. The van der Waals surface area contributed by atoms with Crippen LogP contribution in [-0.2, 0) is 0 Å². The molecule has 6 rings (SSSR count). The van der Waals surface area contributed by atoms with Crippen LogP contribution in [0, 0.1) is 11.6 Å². The average molecular weight is 446 g/mol. The molecule has 0 radical (unpaired) electrons. The van der Waals surface area contributed by atoms with E-state index >= 15 is 0 Å². The van der Waals surface area contributed by atoms with Gasteiger partial charge in [0.15, 0.2) is 10.6 Å². The normalized spacial score (nSPS) is 15.6. The van der Waals surface area contributed by atoms with Crippen molar-refractivity contribution in [2.24, 2.45) is 0 Å². The Balaban J connectivity index is 1.64. The summed E-state index contributed by atoms with van der Waals surface area (Å²) in [5.41, 5.74) is 1.20. The second kappa shape index (κ2) is 6.80. The van der Waals surface area contributed by atoms with Crippen LogP contribution in [0.3, 0.4) is 0 Å². The van der Waals surface area contributed by atoms with Crippen molar-refractivity contribution in [1.82, 2.24) is 4.98 Å². The molecule has 1 unspecified atom stereocenters. The zero-order chi connectivity index (χ0) is 22.0. The highest BCUT2D eigenvalue weighted by Crippen LogP contribution is 2.43. The summed E-state index contributed by atoms with van der Waals surface area (Å²) >= 11 is 1.13. The maximum atomic E-state index is 13.7. The smallest absolute Gasteiger partial charge is 0.297 e. The van der Waals surface area contributed by atoms with Gasteiger partial charge in [0, 0.05) is 0 Å². The van der Waals surface area contributed by atoms with E-state index in [1.807, 2.05) is 0 Å². The summed E-state index contributed by atoms with van der Waals surface area (Å²) < 4.78 is 33.8. The highest BCUT2D eigenvalue weighted by Gasteiger charge is 2.45. The van der Waals surface area contributed by atoms with E-state index in [1.165, 1.54) is 47.4 Å². The fraction of sp³-hybridized carbons (Fsp3) is 0.0417. The predicted molar refractivity (Wildman–Crippen MR) is 117 cm³/mol. The maximum absolute atomic E-state index is 13.7. The third-order valence-corrected chi connectivity index (χ3v) is 6.53. The first-order valence-electron chi connectivity index (χ1n) is 9.72. The molecule has 0 spiro atoms. The van der Waals surface area contributed by atoms with Gasteiger partial charge >= 0.3 is 0 Å². The van der Waals surface area contributed by atoms with Crippen molar-refractivity contribution in [2.75, 3.05) is 4.90 Å². The van der Waals surface area contributed by atoms with Gasteiger partial charge in [0.25, 0.3) is 5.91 Å². The lowest BCUT2D eigenvalue weighted by Gasteiger charge is -2.22. The Labute approximate surface area is 183 Å². The lowest BCUT2D eigenvalue weighted by atomic mass is 9.99. The minimum atomic E-state index is -0.857. The first kappa shape index (κ1) is 18.8. The Kier molecular flexibility index (Phi) is 4.00. The van der Waals surface area contributed by atoms with Crippen molar-refractivity contribution in [3.05, 3.63) is 105 Å². The van der Waals surface area contributed by atoms with Crippen LogP contribution in [-0.4, -0.2) is 10.9 Å². The highest BCUT2D eigenvalue weighted by molar-refractivity contribution is 7.22. The second-order valence-corrected chi connectivity index (χ2v) is 8.42. The number of hydrogen-bond donors (Lipinski definition) is 0. The van der Waals surface area contributed by atoms with E-state index in [4.69, 9.17) is 4.42 Å². The summed E-state index contributed by atoms with van der Waals surface area (Å²) in [6, 6.07) is 15.6. The summed E-state index contributed by atoms with van der Waals surface area (Å²) in [4.78, 5) is 32.8. The molecule has 0 bridgehead atoms. The number of benzene rings is 3. The van der Waals surface area contributed by atoms with E-state index in [1.54, 1.807) is 24.3 Å². The first-order chi connectivity index (χ1) is 15.5. The van der Waals surface area contributed by atoms with Gasteiger partial charge < -0.3 is 4.42 Å². The van der Waals surface area contributed by atoms with Gasteiger partial charge in [0.2, 0.25) is 5.76 Å². The molecule has 0 aliphatic carbocycles. The lowest BCUT2D eigenvalue weighted by Crippen LogP contribution is -2.29. The quantitative estimate of drug-likeness (QED) is 0.363. The number of para-hydroxylation sites is 1. The molecule has 0 N–H and O–H groups in total. The van der Waals surface area contributed by atoms with E-state index in [-0.39, 0.29) is 16.8 Å². The molecule has 0 saturated heterocycles. The number of hydrogen-bond acceptors (Lipinski definition) is 5. The number of rotatable bonds is 2. The Morgan fingerprint density at radius 1 is 0.938 bits per heavy atom. The Bertz CT molecular complexity index is 1610. The third kappa shape index (κ3) is 2.69. The van der Waals surface area contributed by atoms with E-state index in [0.717, 1.165) is 11.3 Å². The Morgan fingerprint density at radius 2 is 1.69 bits per heavy atom. The van der Waals surface area contributed by atoms with Crippen LogP contribution in [0.15, 0.2) is 75.9 Å². The molecule has 5 aromatic rings. The zero-order valence-electron chi connectivity index (χ0n) is 16.2. The lowest BCUT2D eigenvalue weighted by molar-refractivity contribution is 0.0971. The number of aromatic nitrogens is 1. The van der Waals surface area contributed by atoms with Gasteiger partial charge in [0.05, 0.1) is 27.2 Å². The average Bonchev–Trinajstić information content (AvgIpc) is 3.33. The van der Waals surface area contributed by atoms with Crippen molar-refractivity contribution >= 4 is 43.6 Å². The van der Waals surface area contributed by atoms with Crippen molar-refractivity contribution in [1.29, 1.82) is 0 Å². The third-order valence-electron chi connectivity index (χ3n) is 5.51. The summed E-state index contributed by atoms with van der Waals surface area (Å²) in [5.74, 6) is -1.46. The van der Waals surface area contributed by atoms with E-state index < -0.39 is 23.6 Å². The molecule has 3 heterocycles. The molecule has 32 heavy (non-hydrogen) atoms. The van der Waals surface area contributed by atoms with Crippen molar-refractivity contribution in [3.8, 4) is 0 Å². The molecule has 8 heteroatoms. The van der Waals surface area contributed by atoms with E-state index in [0.29, 0.717) is 31.9 Å². The summed E-state index contributed by atoms with van der Waals surface area (Å²) in [6.07, 6.45) is 0. The summed E-state index contributed by atoms with van der Waals surface area (Å²) in [7, 11) is 0. The number of amides is 1. The fourth-order valence-corrected chi connectivity index (χ4v) is 5.08. The van der Waals surface area contributed by atoms with Crippen LogP contribution in [0.1, 0.15) is 27.7 Å². The monoisotopic (exact) mass is 446 g/mol. The number of carbonyl (C=O) groups is 1. The van der Waals surface area contributed by atoms with Gasteiger partial charge in [-0.1, -0.05) is 35.6 Å². The van der Waals surface area contributed by atoms with Gasteiger partial charge in [-0.2, -0.15) is 0 Å². The molecular weight excluding hydrogens is 434 g/mol. The van der Waals surface area contributed by atoms with Crippen molar-refractivity contribution < 1.29 is 18.0 Å². The second-order valence-electron chi connectivity index (χ2n) is 7.41. The van der Waals surface area contributed by atoms with Crippen LogP contribution < -0.4 is 10.3 Å². The number of anilines is 1. The minimum Gasteiger partial charge on any atom is -0.450 e. The van der Waals surface area contributed by atoms with E-state index in [2.05, 4.69) is 4.98 Å². The van der Waals surface area contributed by atoms with E-state index in [9.17, 15) is 18.4 Å². The maximum Gasteiger partial charge on any atom is 0.297 e. The van der Waals surface area contributed by atoms with Crippen LogP contribution in [0.25, 0.3) is 21.2 Å². The Morgan fingerprint density at radius 3 is 2.50 bits per heavy atom. The number of fused-ring (bicyclic) bond motifs is 3. The predicted octanol–water partition coefficient (Wildman–Crippen LogP) is 5.43. The molecule has 3 aromatic carbocycles. The molecule has 1 amide bonds. The number of thiazole rings is 1. The van der Waals surface area contributed by atoms with Crippen molar-refractivity contribution in [2.45, 2.75) is 6.04 Å². The first-order valence-corrected chi connectivity index (χ1v) is 10.5. The number of carbonyl (C=O) groups excluding carboxylic acids is 1. The molecule has 2 aromatic heterocycles.